The summed E-state index contributed by atoms with van der Waals surface area (Å²) in [4.78, 5) is 30.0. The molecule has 0 aromatic heterocycles. The lowest BCUT2D eigenvalue weighted by molar-refractivity contribution is -0.145. The van der Waals surface area contributed by atoms with Gasteiger partial charge in [-0.2, -0.15) is 0 Å². The van der Waals surface area contributed by atoms with Crippen molar-refractivity contribution in [3.05, 3.63) is 0 Å². The summed E-state index contributed by atoms with van der Waals surface area (Å²) in [5.41, 5.74) is 0. The molecule has 7 nitrogen and oxygen atoms in total. The Hall–Kier alpha value is -1.34. The highest BCUT2D eigenvalue weighted by Crippen LogP contribution is 2.21. The molecule has 0 rings (SSSR count). The van der Waals surface area contributed by atoms with Crippen molar-refractivity contribution >= 4 is 12.1 Å². The zero-order chi connectivity index (χ0) is 36.4. The summed E-state index contributed by atoms with van der Waals surface area (Å²) < 4.78 is 17.2. The van der Waals surface area contributed by atoms with E-state index in [0.717, 1.165) is 77.7 Å². The first-order valence-electron chi connectivity index (χ1n) is 21.3. The van der Waals surface area contributed by atoms with Crippen LogP contribution in [0, 0.1) is 5.92 Å². The van der Waals surface area contributed by atoms with E-state index in [1.807, 2.05) is 0 Å². The molecule has 0 N–H and O–H groups in total. The van der Waals surface area contributed by atoms with Gasteiger partial charge in [0.25, 0.3) is 0 Å². The van der Waals surface area contributed by atoms with Crippen LogP contribution in [-0.2, 0) is 19.0 Å². The van der Waals surface area contributed by atoms with Crippen molar-refractivity contribution in [3.63, 3.8) is 0 Å². The topological polar surface area (TPSA) is 68.3 Å². The molecule has 7 heteroatoms. The van der Waals surface area contributed by atoms with Crippen LogP contribution >= 0.6 is 0 Å². The lowest BCUT2D eigenvalue weighted by Gasteiger charge is -2.29. The smallest absolute Gasteiger partial charge is 0.465 e. The summed E-state index contributed by atoms with van der Waals surface area (Å²) in [6.45, 7) is 21.3. The molecule has 0 heterocycles. The van der Waals surface area contributed by atoms with Gasteiger partial charge in [-0.3, -0.25) is 9.69 Å². The van der Waals surface area contributed by atoms with Crippen LogP contribution in [0.25, 0.3) is 0 Å². The van der Waals surface area contributed by atoms with E-state index in [9.17, 15) is 9.59 Å². The molecule has 0 aliphatic rings. The molecule has 2 atom stereocenters. The van der Waals surface area contributed by atoms with Crippen LogP contribution in [0.5, 0.6) is 0 Å². The van der Waals surface area contributed by atoms with E-state index in [2.05, 4.69) is 58.3 Å². The van der Waals surface area contributed by atoms with Gasteiger partial charge >= 0.3 is 12.1 Å². The van der Waals surface area contributed by atoms with E-state index < -0.39 is 6.16 Å². The second-order valence-corrected chi connectivity index (χ2v) is 14.8. The van der Waals surface area contributed by atoms with Crippen LogP contribution < -0.4 is 0 Å². The number of hydrogen-bond acceptors (Lipinski definition) is 7. The summed E-state index contributed by atoms with van der Waals surface area (Å²) in [7, 11) is 0. The first-order valence-corrected chi connectivity index (χ1v) is 21.3. The second-order valence-electron chi connectivity index (χ2n) is 14.8. The van der Waals surface area contributed by atoms with E-state index in [-0.39, 0.29) is 12.1 Å². The van der Waals surface area contributed by atoms with E-state index >= 15 is 0 Å². The molecule has 0 aromatic carbocycles. The van der Waals surface area contributed by atoms with Crippen molar-refractivity contribution in [1.82, 2.24) is 9.80 Å². The maximum absolute atomic E-state index is 12.6. The molecule has 0 amide bonds. The predicted molar refractivity (Wildman–Crippen MR) is 208 cm³/mol. The molecule has 292 valence electrons. The van der Waals surface area contributed by atoms with Gasteiger partial charge in [-0.05, 0) is 77.8 Å². The van der Waals surface area contributed by atoms with Crippen LogP contribution in [0.1, 0.15) is 196 Å². The molecule has 0 aliphatic heterocycles. The Labute approximate surface area is 305 Å². The normalized spacial score (nSPS) is 12.9. The first kappa shape index (κ1) is 47.7. The standard InChI is InChI=1S/C42H84N2O5/c1-8-13-16-19-20-24-29-39(28-23-17-14-9-2)37-48-41(45)32-27-22-21-26-31-40(30-25-18-15-10-3)49-42(46)47-36-35-44(38(6)7)34-33-43(11-4)12-5/h38-40H,8-37H2,1-7H3. The minimum Gasteiger partial charge on any atom is -0.465 e. The highest BCUT2D eigenvalue weighted by Gasteiger charge is 2.18. The monoisotopic (exact) mass is 697 g/mol. The lowest BCUT2D eigenvalue weighted by Crippen LogP contribution is -2.40. The molecule has 0 saturated carbocycles. The second kappa shape index (κ2) is 35.1. The number of hydrogen-bond donors (Lipinski definition) is 0. The molecule has 0 aromatic rings. The summed E-state index contributed by atoms with van der Waals surface area (Å²) in [5, 5.41) is 0. The fourth-order valence-electron chi connectivity index (χ4n) is 6.58. The summed E-state index contributed by atoms with van der Waals surface area (Å²) in [6, 6.07) is 0.399. The molecule has 0 fully saturated rings. The third kappa shape index (κ3) is 30.0. The van der Waals surface area contributed by atoms with Gasteiger partial charge in [-0.1, -0.05) is 131 Å². The van der Waals surface area contributed by atoms with Crippen molar-refractivity contribution in [3.8, 4) is 0 Å². The number of likely N-dealkylation sites (N-methyl/N-ethyl adjacent to an activating group) is 1. The Morgan fingerprint density at radius 3 is 1.57 bits per heavy atom. The van der Waals surface area contributed by atoms with Gasteiger partial charge < -0.3 is 19.1 Å². The SMILES string of the molecule is CCCCCCCCC(CCCCCC)COC(=O)CCCCCCC(CCCCCC)OC(=O)OCCN(CCN(CC)CC)C(C)C. The van der Waals surface area contributed by atoms with Gasteiger partial charge in [-0.25, -0.2) is 4.79 Å². The van der Waals surface area contributed by atoms with E-state index in [4.69, 9.17) is 14.2 Å². The van der Waals surface area contributed by atoms with Crippen LogP contribution in [0.3, 0.4) is 0 Å². The fourth-order valence-corrected chi connectivity index (χ4v) is 6.58. The minimum absolute atomic E-state index is 0.0366. The van der Waals surface area contributed by atoms with E-state index in [1.165, 1.54) is 96.3 Å². The predicted octanol–water partition coefficient (Wildman–Crippen LogP) is 11.8. The van der Waals surface area contributed by atoms with Crippen LogP contribution in [0.4, 0.5) is 4.79 Å². The summed E-state index contributed by atoms with van der Waals surface area (Å²) in [5.74, 6) is 0.477. The number of unbranched alkanes of at least 4 members (excludes halogenated alkanes) is 14. The maximum Gasteiger partial charge on any atom is 0.508 e. The van der Waals surface area contributed by atoms with Gasteiger partial charge in [0, 0.05) is 32.1 Å². The highest BCUT2D eigenvalue weighted by atomic mass is 16.7. The van der Waals surface area contributed by atoms with E-state index in [0.29, 0.717) is 31.6 Å². The number of carbonyl (C=O) groups is 2. The summed E-state index contributed by atoms with van der Waals surface area (Å²) >= 11 is 0. The van der Waals surface area contributed by atoms with Crippen molar-refractivity contribution < 1.29 is 23.8 Å². The number of carbonyl (C=O) groups excluding carboxylic acids is 2. The molecule has 0 aliphatic carbocycles. The Balaban J connectivity index is 4.49. The number of rotatable bonds is 36. The van der Waals surface area contributed by atoms with Gasteiger partial charge in [-0.15, -0.1) is 0 Å². The number of nitrogens with zero attached hydrogens (tertiary/aromatic N) is 2. The average Bonchev–Trinajstić information content (AvgIpc) is 3.09. The Morgan fingerprint density at radius 1 is 0.551 bits per heavy atom. The first-order chi connectivity index (χ1) is 23.8. The maximum atomic E-state index is 12.6. The van der Waals surface area contributed by atoms with Crippen molar-refractivity contribution in [2.75, 3.05) is 45.9 Å². The van der Waals surface area contributed by atoms with Gasteiger partial charge in [0.15, 0.2) is 0 Å². The number of ether oxygens (including phenoxy) is 3. The van der Waals surface area contributed by atoms with Crippen molar-refractivity contribution in [2.24, 2.45) is 5.92 Å². The van der Waals surface area contributed by atoms with Crippen molar-refractivity contribution in [2.45, 2.75) is 208 Å². The molecule has 0 radical (unpaired) electrons. The Morgan fingerprint density at radius 2 is 1.04 bits per heavy atom. The third-order valence-corrected chi connectivity index (χ3v) is 10.1. The molecular formula is C42H84N2O5. The molecule has 0 bridgehead atoms. The van der Waals surface area contributed by atoms with Gasteiger partial charge in [0.2, 0.25) is 0 Å². The average molecular weight is 697 g/mol. The van der Waals surface area contributed by atoms with E-state index in [1.54, 1.807) is 0 Å². The minimum atomic E-state index is -0.532. The van der Waals surface area contributed by atoms with Crippen LogP contribution in [0.2, 0.25) is 0 Å². The quantitative estimate of drug-likeness (QED) is 0.0477. The summed E-state index contributed by atoms with van der Waals surface area (Å²) in [6.07, 6.45) is 25.5. The molecule has 0 saturated heterocycles. The molecular weight excluding hydrogens is 612 g/mol. The molecule has 49 heavy (non-hydrogen) atoms. The zero-order valence-electron chi connectivity index (χ0n) is 33.9. The van der Waals surface area contributed by atoms with Gasteiger partial charge in [0.1, 0.15) is 12.7 Å². The largest absolute Gasteiger partial charge is 0.508 e. The molecule has 0 spiro atoms. The highest BCUT2D eigenvalue weighted by molar-refractivity contribution is 5.69. The Kier molecular flexibility index (Phi) is 34.1. The van der Waals surface area contributed by atoms with Gasteiger partial charge in [0.05, 0.1) is 6.61 Å². The Bertz CT molecular complexity index is 730. The van der Waals surface area contributed by atoms with Crippen LogP contribution in [0.15, 0.2) is 0 Å². The zero-order valence-corrected chi connectivity index (χ0v) is 33.9. The van der Waals surface area contributed by atoms with Crippen LogP contribution in [-0.4, -0.2) is 80.0 Å². The third-order valence-electron chi connectivity index (χ3n) is 10.1. The molecule has 2 unspecified atom stereocenters. The lowest BCUT2D eigenvalue weighted by atomic mass is 9.95. The fraction of sp³-hybridized carbons (Fsp3) is 0.952. The van der Waals surface area contributed by atoms with Crippen molar-refractivity contribution in [1.29, 1.82) is 0 Å². The number of esters is 1.